The molecule has 0 bridgehead atoms. The van der Waals surface area contributed by atoms with E-state index < -0.39 is 30.4 Å². The van der Waals surface area contributed by atoms with Gasteiger partial charge >= 0.3 is 43.7 Å². The topological polar surface area (TPSA) is 99.9 Å². The van der Waals surface area contributed by atoms with Crippen LogP contribution in [0.15, 0.2) is 58.5 Å². The number of rotatable bonds is 9. The summed E-state index contributed by atoms with van der Waals surface area (Å²) in [5.74, 6) is -1.06. The summed E-state index contributed by atoms with van der Waals surface area (Å²) >= 11 is 7.29. The van der Waals surface area contributed by atoms with Crippen LogP contribution in [0.1, 0.15) is 18.4 Å². The van der Waals surface area contributed by atoms with Crippen LogP contribution in [0.25, 0.3) is 17.0 Å². The molecule has 6 nitrogen and oxygen atoms in total. The molecule has 0 aliphatic rings. The molecule has 0 spiro atoms. The number of aliphatic hydroxyl groups excluding tert-OH is 2. The predicted octanol–water partition coefficient (Wildman–Crippen LogP) is 4.41. The number of halogens is 2. The van der Waals surface area contributed by atoms with E-state index in [1.807, 2.05) is 24.3 Å². The van der Waals surface area contributed by atoms with Gasteiger partial charge in [0.05, 0.1) is 36.3 Å². The SMILES string of the molecule is COc1cccc(Sc2c(/C=C/[C@@H](O)C[C@@H](O)CC(=O)O)cnc3cc(Cl)c(F)cc23)c1.[Ca+2]. The van der Waals surface area contributed by atoms with Crippen molar-refractivity contribution in [2.45, 2.75) is 34.8 Å². The number of aliphatic carboxylic acids is 1. The van der Waals surface area contributed by atoms with Crippen LogP contribution in [0.2, 0.25) is 5.02 Å². The smallest absolute Gasteiger partial charge is 0.497 e. The van der Waals surface area contributed by atoms with Crippen molar-refractivity contribution in [3.63, 3.8) is 0 Å². The minimum atomic E-state index is -1.18. The molecule has 0 saturated heterocycles. The standard InChI is InChI=1S/C23H21ClFNO5S.Ca/c1-31-16-3-2-4-17(9-16)32-23-13(5-6-14(27)7-15(28)8-22(29)30)12-26-21-11-19(24)20(25)10-18(21)23;/h2-6,9-12,14-15,27-28H,7-8H2,1H3,(H,29,30);/q;+2/b6-5+;/t14-,15-;/m1./s1. The van der Waals surface area contributed by atoms with Crippen LogP contribution >= 0.6 is 23.4 Å². The fourth-order valence-electron chi connectivity index (χ4n) is 3.05. The summed E-state index contributed by atoms with van der Waals surface area (Å²) in [7, 11) is 1.57. The zero-order valence-corrected chi connectivity index (χ0v) is 21.5. The van der Waals surface area contributed by atoms with Crippen molar-refractivity contribution < 1.29 is 29.2 Å². The van der Waals surface area contributed by atoms with Gasteiger partial charge in [-0.15, -0.1) is 0 Å². The molecule has 1 heterocycles. The van der Waals surface area contributed by atoms with Crippen molar-refractivity contribution in [2.75, 3.05) is 7.11 Å². The molecule has 0 aliphatic heterocycles. The van der Waals surface area contributed by atoms with Gasteiger partial charge in [-0.25, -0.2) is 4.39 Å². The van der Waals surface area contributed by atoms with Crippen LogP contribution in [0.5, 0.6) is 5.75 Å². The number of hydrogen-bond donors (Lipinski definition) is 3. The average molecular weight is 518 g/mol. The number of benzene rings is 2. The molecule has 3 aromatic rings. The molecule has 0 fully saturated rings. The molecular weight excluding hydrogens is 497 g/mol. The quantitative estimate of drug-likeness (QED) is 0.362. The van der Waals surface area contributed by atoms with E-state index in [1.54, 1.807) is 19.4 Å². The second kappa shape index (κ2) is 12.9. The largest absolute Gasteiger partial charge is 2.00 e. The van der Waals surface area contributed by atoms with Gasteiger partial charge in [-0.05, 0) is 30.3 Å². The van der Waals surface area contributed by atoms with E-state index in [2.05, 4.69) is 4.98 Å². The fourth-order valence-corrected chi connectivity index (χ4v) is 4.28. The average Bonchev–Trinajstić information content (AvgIpc) is 2.74. The Balaban J connectivity index is 0.00000385. The van der Waals surface area contributed by atoms with E-state index >= 15 is 0 Å². The van der Waals surface area contributed by atoms with Gasteiger partial charge in [0.1, 0.15) is 11.6 Å². The Labute approximate surface area is 229 Å². The minimum absolute atomic E-state index is 0. The van der Waals surface area contributed by atoms with E-state index in [9.17, 15) is 19.4 Å². The van der Waals surface area contributed by atoms with E-state index in [4.69, 9.17) is 21.4 Å². The van der Waals surface area contributed by atoms with Crippen LogP contribution in [0, 0.1) is 5.82 Å². The molecule has 0 amide bonds. The van der Waals surface area contributed by atoms with Crippen LogP contribution < -0.4 is 4.74 Å². The first-order valence-corrected chi connectivity index (χ1v) is 10.8. The zero-order valence-electron chi connectivity index (χ0n) is 17.7. The number of methoxy groups -OCH3 is 1. The van der Waals surface area contributed by atoms with Gasteiger partial charge in [0.25, 0.3) is 0 Å². The van der Waals surface area contributed by atoms with E-state index in [-0.39, 0.29) is 49.2 Å². The molecule has 2 aromatic carbocycles. The summed E-state index contributed by atoms with van der Waals surface area (Å²) in [6, 6.07) is 10.1. The Kier molecular flexibility index (Phi) is 10.9. The van der Waals surface area contributed by atoms with Gasteiger partial charge in [0, 0.05) is 33.4 Å². The first-order valence-electron chi connectivity index (χ1n) is 9.62. The summed E-state index contributed by atoms with van der Waals surface area (Å²) in [6.45, 7) is 0. The summed E-state index contributed by atoms with van der Waals surface area (Å²) in [5.41, 5.74) is 1.12. The Bertz CT molecular complexity index is 1160. The third kappa shape index (κ3) is 7.82. The molecule has 2 atom stereocenters. The molecule has 1 aromatic heterocycles. The van der Waals surface area contributed by atoms with Gasteiger partial charge in [-0.2, -0.15) is 0 Å². The van der Waals surface area contributed by atoms with Crippen LogP contribution in [0.3, 0.4) is 0 Å². The van der Waals surface area contributed by atoms with Crippen LogP contribution in [-0.4, -0.2) is 83.3 Å². The molecule has 0 radical (unpaired) electrons. The number of aromatic nitrogens is 1. The van der Waals surface area contributed by atoms with Crippen molar-refractivity contribution in [1.82, 2.24) is 4.98 Å². The molecule has 0 unspecified atom stereocenters. The molecular formula is C23H21CaClFNO5S+2. The number of ether oxygens (including phenoxy) is 1. The minimum Gasteiger partial charge on any atom is -0.497 e. The molecule has 3 rings (SSSR count). The van der Waals surface area contributed by atoms with Crippen molar-refractivity contribution >= 4 is 84.0 Å². The number of carbonyl (C=O) groups is 1. The maximum Gasteiger partial charge on any atom is 2.00 e. The van der Waals surface area contributed by atoms with Crippen LogP contribution in [-0.2, 0) is 4.79 Å². The summed E-state index contributed by atoms with van der Waals surface area (Å²) in [4.78, 5) is 16.6. The molecule has 168 valence electrons. The zero-order chi connectivity index (χ0) is 23.3. The number of nitrogens with zero attached hydrogens (tertiary/aromatic N) is 1. The van der Waals surface area contributed by atoms with Gasteiger partial charge in [0.2, 0.25) is 0 Å². The maximum atomic E-state index is 14.3. The van der Waals surface area contributed by atoms with Crippen molar-refractivity contribution in [1.29, 1.82) is 0 Å². The first kappa shape index (κ1) is 27.9. The summed E-state index contributed by atoms with van der Waals surface area (Å²) in [6.07, 6.45) is 1.79. The Morgan fingerprint density at radius 2 is 2.06 bits per heavy atom. The summed E-state index contributed by atoms with van der Waals surface area (Å²) in [5, 5.41) is 29.2. The Hall–Kier alpha value is -1.39. The number of aliphatic hydroxyl groups is 2. The van der Waals surface area contributed by atoms with Gasteiger partial charge in [0.15, 0.2) is 0 Å². The normalized spacial score (nSPS) is 13.0. The van der Waals surface area contributed by atoms with Crippen LogP contribution in [0.4, 0.5) is 4.39 Å². The monoisotopic (exact) mass is 517 g/mol. The molecule has 0 saturated carbocycles. The van der Waals surface area contributed by atoms with Gasteiger partial charge in [-0.1, -0.05) is 41.6 Å². The van der Waals surface area contributed by atoms with E-state index in [0.29, 0.717) is 27.1 Å². The molecule has 0 aliphatic carbocycles. The predicted molar refractivity (Wildman–Crippen MR) is 127 cm³/mol. The number of hydrogen-bond acceptors (Lipinski definition) is 6. The first-order chi connectivity index (χ1) is 15.3. The molecule has 10 heteroatoms. The van der Waals surface area contributed by atoms with Gasteiger partial charge < -0.3 is 20.1 Å². The number of carboxylic acid groups (broad SMARTS) is 1. The summed E-state index contributed by atoms with van der Waals surface area (Å²) < 4.78 is 19.5. The van der Waals surface area contributed by atoms with Crippen molar-refractivity contribution in [3.05, 3.63) is 65.1 Å². The number of fused-ring (bicyclic) bond motifs is 1. The molecule has 3 N–H and O–H groups in total. The third-order valence-corrected chi connectivity index (χ3v) is 6.01. The maximum absolute atomic E-state index is 14.3. The second-order valence-corrected chi connectivity index (χ2v) is 8.51. The second-order valence-electron chi connectivity index (χ2n) is 7.02. The van der Waals surface area contributed by atoms with Crippen molar-refractivity contribution in [2.24, 2.45) is 0 Å². The van der Waals surface area contributed by atoms with Crippen molar-refractivity contribution in [3.8, 4) is 5.75 Å². The number of carboxylic acids is 1. The van der Waals surface area contributed by atoms with E-state index in [1.165, 1.54) is 30.0 Å². The number of pyridine rings is 1. The Morgan fingerprint density at radius 1 is 1.30 bits per heavy atom. The Morgan fingerprint density at radius 3 is 2.76 bits per heavy atom. The third-order valence-electron chi connectivity index (χ3n) is 4.57. The molecule has 33 heavy (non-hydrogen) atoms. The van der Waals surface area contributed by atoms with Gasteiger partial charge in [-0.3, -0.25) is 9.78 Å². The van der Waals surface area contributed by atoms with E-state index in [0.717, 1.165) is 4.90 Å². The fraction of sp³-hybridized carbons (Fsp3) is 0.217.